The number of rotatable bonds is 2. The molecule has 3 aromatic carbocycles. The Bertz CT molecular complexity index is 1130. The van der Waals surface area contributed by atoms with E-state index in [1.165, 1.54) is 0 Å². The number of fused-ring (bicyclic) bond motifs is 1. The van der Waals surface area contributed by atoms with Crippen LogP contribution in [0.1, 0.15) is 5.56 Å². The van der Waals surface area contributed by atoms with Crippen molar-refractivity contribution in [3.63, 3.8) is 0 Å². The Labute approximate surface area is 150 Å². The van der Waals surface area contributed by atoms with Crippen LogP contribution < -0.4 is 5.56 Å². The summed E-state index contributed by atoms with van der Waals surface area (Å²) in [6, 6.07) is 22.6. The molecule has 25 heavy (non-hydrogen) atoms. The molecule has 1 aromatic heterocycles. The Hall–Kier alpha value is -2.91. The minimum Gasteiger partial charge on any atom is -0.268 e. The van der Waals surface area contributed by atoms with Crippen LogP contribution in [0.25, 0.3) is 28.0 Å². The van der Waals surface area contributed by atoms with Crippen LogP contribution in [-0.2, 0) is 0 Å². The van der Waals surface area contributed by atoms with Gasteiger partial charge >= 0.3 is 0 Å². The highest BCUT2D eigenvalue weighted by molar-refractivity contribution is 6.33. The second kappa shape index (κ2) is 6.19. The first-order valence-electron chi connectivity index (χ1n) is 7.99. The standard InChI is InChI=1S/C21H15ClN2O/c1-14-8-7-12-17-19(14)23-20(16-11-5-6-13-18(16)22)24(21(17)25)15-9-3-2-4-10-15/h2-13H,1H3. The zero-order valence-corrected chi connectivity index (χ0v) is 14.4. The van der Waals surface area contributed by atoms with Gasteiger partial charge < -0.3 is 0 Å². The SMILES string of the molecule is Cc1cccc2c(=O)n(-c3ccccc3)c(-c3ccccc3Cl)nc12. The van der Waals surface area contributed by atoms with Crippen LogP contribution >= 0.6 is 11.6 Å². The van der Waals surface area contributed by atoms with Gasteiger partial charge in [0.25, 0.3) is 5.56 Å². The maximum Gasteiger partial charge on any atom is 0.266 e. The van der Waals surface area contributed by atoms with Crippen molar-refractivity contribution in [2.24, 2.45) is 0 Å². The summed E-state index contributed by atoms with van der Waals surface area (Å²) < 4.78 is 1.63. The molecule has 0 saturated heterocycles. The van der Waals surface area contributed by atoms with Gasteiger partial charge in [0, 0.05) is 5.56 Å². The van der Waals surface area contributed by atoms with Gasteiger partial charge in [0.15, 0.2) is 0 Å². The predicted molar refractivity (Wildman–Crippen MR) is 103 cm³/mol. The molecule has 0 aliphatic heterocycles. The third-order valence-electron chi connectivity index (χ3n) is 4.23. The molecule has 1 heterocycles. The van der Waals surface area contributed by atoms with Crippen LogP contribution in [0.4, 0.5) is 0 Å². The van der Waals surface area contributed by atoms with Gasteiger partial charge in [0.05, 0.1) is 21.6 Å². The molecule has 0 atom stereocenters. The first kappa shape index (κ1) is 15.6. The topological polar surface area (TPSA) is 34.9 Å². The Morgan fingerprint density at radius 2 is 1.60 bits per heavy atom. The van der Waals surface area contributed by atoms with Crippen molar-refractivity contribution in [3.8, 4) is 17.1 Å². The smallest absolute Gasteiger partial charge is 0.266 e. The van der Waals surface area contributed by atoms with E-state index in [0.29, 0.717) is 21.7 Å². The second-order valence-corrected chi connectivity index (χ2v) is 6.27. The van der Waals surface area contributed by atoms with E-state index in [4.69, 9.17) is 16.6 Å². The zero-order valence-electron chi connectivity index (χ0n) is 13.6. The number of benzene rings is 3. The molecule has 0 unspecified atom stereocenters. The van der Waals surface area contributed by atoms with E-state index in [1.807, 2.05) is 73.7 Å². The molecular weight excluding hydrogens is 332 g/mol. The van der Waals surface area contributed by atoms with Gasteiger partial charge in [-0.3, -0.25) is 9.36 Å². The molecule has 3 nitrogen and oxygen atoms in total. The molecule has 4 aromatic rings. The molecule has 0 N–H and O–H groups in total. The maximum absolute atomic E-state index is 13.3. The third kappa shape index (κ3) is 2.63. The van der Waals surface area contributed by atoms with Gasteiger partial charge in [-0.15, -0.1) is 0 Å². The number of aryl methyl sites for hydroxylation is 1. The molecule has 0 bridgehead atoms. The quantitative estimate of drug-likeness (QED) is 0.511. The highest BCUT2D eigenvalue weighted by atomic mass is 35.5. The molecule has 0 radical (unpaired) electrons. The molecule has 4 rings (SSSR count). The average Bonchev–Trinajstić information content (AvgIpc) is 2.63. The molecule has 0 fully saturated rings. The van der Waals surface area contributed by atoms with Crippen molar-refractivity contribution in [2.45, 2.75) is 6.92 Å². The fourth-order valence-corrected chi connectivity index (χ4v) is 3.21. The van der Waals surface area contributed by atoms with E-state index < -0.39 is 0 Å². The Morgan fingerprint density at radius 1 is 0.880 bits per heavy atom. The summed E-state index contributed by atoms with van der Waals surface area (Å²) >= 11 is 6.41. The molecular formula is C21H15ClN2O. The first-order valence-corrected chi connectivity index (χ1v) is 8.37. The summed E-state index contributed by atoms with van der Waals surface area (Å²) in [5.41, 5.74) is 3.06. The summed E-state index contributed by atoms with van der Waals surface area (Å²) in [4.78, 5) is 18.1. The van der Waals surface area contributed by atoms with Crippen molar-refractivity contribution in [1.82, 2.24) is 9.55 Å². The fraction of sp³-hybridized carbons (Fsp3) is 0.0476. The predicted octanol–water partition coefficient (Wildman–Crippen LogP) is 5.01. The van der Waals surface area contributed by atoms with E-state index in [1.54, 1.807) is 10.6 Å². The van der Waals surface area contributed by atoms with E-state index in [2.05, 4.69) is 0 Å². The monoisotopic (exact) mass is 346 g/mol. The number of nitrogens with zero attached hydrogens (tertiary/aromatic N) is 2. The van der Waals surface area contributed by atoms with Crippen molar-refractivity contribution in [2.75, 3.05) is 0 Å². The third-order valence-corrected chi connectivity index (χ3v) is 4.56. The minimum absolute atomic E-state index is 0.102. The molecule has 0 amide bonds. The van der Waals surface area contributed by atoms with E-state index >= 15 is 0 Å². The second-order valence-electron chi connectivity index (χ2n) is 5.86. The lowest BCUT2D eigenvalue weighted by atomic mass is 10.1. The summed E-state index contributed by atoms with van der Waals surface area (Å²) in [6.07, 6.45) is 0. The van der Waals surface area contributed by atoms with Gasteiger partial charge in [-0.25, -0.2) is 4.98 Å². The number of aromatic nitrogens is 2. The summed E-state index contributed by atoms with van der Waals surface area (Å²) in [5.74, 6) is 0.545. The molecule has 4 heteroatoms. The van der Waals surface area contributed by atoms with Gasteiger partial charge in [-0.2, -0.15) is 0 Å². The van der Waals surface area contributed by atoms with Gasteiger partial charge in [-0.05, 0) is 42.8 Å². The number of hydrogen-bond donors (Lipinski definition) is 0. The molecule has 0 aliphatic rings. The largest absolute Gasteiger partial charge is 0.268 e. The first-order chi connectivity index (χ1) is 12.2. The van der Waals surface area contributed by atoms with Crippen LogP contribution in [0.2, 0.25) is 5.02 Å². The van der Waals surface area contributed by atoms with E-state index in [9.17, 15) is 4.79 Å². The Balaban J connectivity index is 2.19. The molecule has 0 spiro atoms. The Morgan fingerprint density at radius 3 is 2.36 bits per heavy atom. The molecule has 0 saturated carbocycles. The van der Waals surface area contributed by atoms with Crippen LogP contribution in [0.15, 0.2) is 77.6 Å². The van der Waals surface area contributed by atoms with Crippen molar-refractivity contribution in [1.29, 1.82) is 0 Å². The van der Waals surface area contributed by atoms with Gasteiger partial charge in [-0.1, -0.05) is 54.1 Å². The maximum atomic E-state index is 13.3. The number of halogens is 1. The highest BCUT2D eigenvalue weighted by Crippen LogP contribution is 2.28. The van der Waals surface area contributed by atoms with Crippen LogP contribution in [0.3, 0.4) is 0 Å². The zero-order chi connectivity index (χ0) is 17.4. The summed E-state index contributed by atoms with van der Waals surface area (Å²) in [7, 11) is 0. The lowest BCUT2D eigenvalue weighted by Crippen LogP contribution is -2.22. The van der Waals surface area contributed by atoms with Crippen molar-refractivity contribution in [3.05, 3.63) is 93.7 Å². The highest BCUT2D eigenvalue weighted by Gasteiger charge is 2.16. The fourth-order valence-electron chi connectivity index (χ4n) is 2.99. The summed E-state index contributed by atoms with van der Waals surface area (Å²) in [5, 5.41) is 1.16. The van der Waals surface area contributed by atoms with E-state index in [0.717, 1.165) is 16.8 Å². The van der Waals surface area contributed by atoms with Crippen LogP contribution in [-0.4, -0.2) is 9.55 Å². The molecule has 0 aliphatic carbocycles. The number of para-hydroxylation sites is 2. The average molecular weight is 347 g/mol. The summed E-state index contributed by atoms with van der Waals surface area (Å²) in [6.45, 7) is 1.96. The Kier molecular flexibility index (Phi) is 3.86. The number of hydrogen-bond acceptors (Lipinski definition) is 2. The lowest BCUT2D eigenvalue weighted by molar-refractivity contribution is 0.974. The lowest BCUT2D eigenvalue weighted by Gasteiger charge is -2.15. The minimum atomic E-state index is -0.102. The van der Waals surface area contributed by atoms with E-state index in [-0.39, 0.29) is 5.56 Å². The van der Waals surface area contributed by atoms with Crippen LogP contribution in [0, 0.1) is 6.92 Å². The van der Waals surface area contributed by atoms with Crippen molar-refractivity contribution < 1.29 is 0 Å². The molecule has 122 valence electrons. The normalized spacial score (nSPS) is 11.0. The van der Waals surface area contributed by atoms with Gasteiger partial charge in [0.1, 0.15) is 5.82 Å². The van der Waals surface area contributed by atoms with Crippen LogP contribution in [0.5, 0.6) is 0 Å². The van der Waals surface area contributed by atoms with Gasteiger partial charge in [0.2, 0.25) is 0 Å². The van der Waals surface area contributed by atoms with Crippen molar-refractivity contribution >= 4 is 22.5 Å².